The van der Waals surface area contributed by atoms with Crippen LogP contribution >= 0.6 is 23.2 Å². The number of carboxylic acids is 1. The van der Waals surface area contributed by atoms with Gasteiger partial charge in [0.2, 0.25) is 15.9 Å². The fraction of sp³-hybridized carbons (Fsp3) is 0.412. The zero-order chi connectivity index (χ0) is 31.3. The van der Waals surface area contributed by atoms with Crippen LogP contribution < -0.4 is 4.72 Å². The van der Waals surface area contributed by atoms with Crippen LogP contribution in [0.3, 0.4) is 0 Å². The maximum Gasteiger partial charge on any atom is 0.304 e. The molecule has 10 heteroatoms. The van der Waals surface area contributed by atoms with Crippen LogP contribution in [0, 0.1) is 11.3 Å². The first-order valence-corrected chi connectivity index (χ1v) is 17.3. The Morgan fingerprint density at radius 1 is 0.977 bits per heavy atom. The van der Waals surface area contributed by atoms with Crippen molar-refractivity contribution in [1.29, 1.82) is 0 Å². The van der Waals surface area contributed by atoms with E-state index >= 15 is 0 Å². The quantitative estimate of drug-likeness (QED) is 0.234. The molecule has 1 aliphatic heterocycles. The number of benzene rings is 3. The number of amides is 1. The molecule has 0 spiro atoms. The fourth-order valence-corrected chi connectivity index (χ4v) is 9.20. The van der Waals surface area contributed by atoms with Crippen molar-refractivity contribution < 1.29 is 23.1 Å². The average molecular weight is 656 g/mol. The lowest BCUT2D eigenvalue weighted by Crippen LogP contribution is -2.59. The Kier molecular flexibility index (Phi) is 8.33. The van der Waals surface area contributed by atoms with Gasteiger partial charge >= 0.3 is 5.97 Å². The number of rotatable bonds is 11. The molecule has 1 amide bonds. The van der Waals surface area contributed by atoms with Gasteiger partial charge in [0.25, 0.3) is 0 Å². The summed E-state index contributed by atoms with van der Waals surface area (Å²) in [7, 11) is -3.78. The number of aliphatic carboxylic acids is 1. The minimum Gasteiger partial charge on any atom is -0.481 e. The monoisotopic (exact) mass is 654 g/mol. The second-order valence-electron chi connectivity index (χ2n) is 12.8. The standard InChI is InChI=1S/C34H36Cl2N2O5S/c1-33(20-30(39)40)19-28(24-6-5-9-27(36)18-24)31(23-12-14-26(35)15-13-23)38(32(33)41)29(22-10-11-22)21-37-44(42,43)34(16-17-34)25-7-3-2-4-8-25/h2-9,12-15,18,22,28-29,31,37H,10-11,16-17,19-21H2,1H3,(H,39,40)/t28-,29-,31-,33-/m1/s1. The summed E-state index contributed by atoms with van der Waals surface area (Å²) in [5.74, 6) is -1.55. The molecule has 6 rings (SSSR count). The largest absolute Gasteiger partial charge is 0.481 e. The van der Waals surface area contributed by atoms with Gasteiger partial charge in [-0.25, -0.2) is 13.1 Å². The normalized spacial score (nSPS) is 25.4. The molecule has 0 bridgehead atoms. The lowest BCUT2D eigenvalue weighted by Gasteiger charge is -2.52. The van der Waals surface area contributed by atoms with Crippen molar-refractivity contribution in [3.8, 4) is 0 Å². The molecule has 0 radical (unpaired) electrons. The molecule has 3 aromatic carbocycles. The highest BCUT2D eigenvalue weighted by Crippen LogP contribution is 2.55. The first-order chi connectivity index (χ1) is 20.9. The summed E-state index contributed by atoms with van der Waals surface area (Å²) < 4.78 is 29.7. The molecule has 0 aromatic heterocycles. The van der Waals surface area contributed by atoms with Crippen molar-refractivity contribution >= 4 is 45.1 Å². The van der Waals surface area contributed by atoms with Crippen molar-refractivity contribution in [1.82, 2.24) is 9.62 Å². The molecule has 232 valence electrons. The first kappa shape index (κ1) is 31.1. The number of piperidine rings is 1. The van der Waals surface area contributed by atoms with E-state index in [9.17, 15) is 23.1 Å². The Bertz CT molecular complexity index is 1660. The summed E-state index contributed by atoms with van der Waals surface area (Å²) in [4.78, 5) is 28.6. The summed E-state index contributed by atoms with van der Waals surface area (Å²) in [6.07, 6.45) is 2.72. The number of hydrogen-bond acceptors (Lipinski definition) is 4. The molecular formula is C34H36Cl2N2O5S. The second kappa shape index (κ2) is 11.8. The number of likely N-dealkylation sites (tertiary alicyclic amines) is 1. The number of nitrogens with one attached hydrogen (secondary N) is 1. The summed E-state index contributed by atoms with van der Waals surface area (Å²) in [6.45, 7) is 1.76. The van der Waals surface area contributed by atoms with E-state index in [1.54, 1.807) is 25.1 Å². The third kappa shape index (κ3) is 5.89. The number of carbonyl (C=O) groups excluding carboxylic acids is 1. The number of sulfonamides is 1. The molecular weight excluding hydrogens is 619 g/mol. The van der Waals surface area contributed by atoms with Crippen LogP contribution in [0.1, 0.15) is 74.1 Å². The van der Waals surface area contributed by atoms with E-state index in [4.69, 9.17) is 23.2 Å². The molecule has 3 fully saturated rings. The summed E-state index contributed by atoms with van der Waals surface area (Å²) in [6, 6.07) is 23.1. The molecule has 2 N–H and O–H groups in total. The summed E-state index contributed by atoms with van der Waals surface area (Å²) in [5.41, 5.74) is 1.29. The van der Waals surface area contributed by atoms with Gasteiger partial charge in [-0.3, -0.25) is 9.59 Å². The molecule has 1 saturated heterocycles. The van der Waals surface area contributed by atoms with Crippen LogP contribution in [0.5, 0.6) is 0 Å². The van der Waals surface area contributed by atoms with Crippen molar-refractivity contribution in [3.05, 3.63) is 106 Å². The number of carbonyl (C=O) groups is 2. The maximum absolute atomic E-state index is 14.6. The van der Waals surface area contributed by atoms with E-state index in [-0.39, 0.29) is 30.7 Å². The Balaban J connectivity index is 1.43. The molecule has 4 atom stereocenters. The van der Waals surface area contributed by atoms with E-state index in [0.717, 1.165) is 29.5 Å². The van der Waals surface area contributed by atoms with E-state index in [1.807, 2.05) is 65.6 Å². The molecule has 1 heterocycles. The van der Waals surface area contributed by atoms with Gasteiger partial charge in [0.05, 0.1) is 17.9 Å². The van der Waals surface area contributed by atoms with E-state index < -0.39 is 38.2 Å². The minimum atomic E-state index is -3.78. The number of nitrogens with zero attached hydrogens (tertiary/aromatic N) is 1. The average Bonchev–Trinajstić information content (AvgIpc) is 3.91. The summed E-state index contributed by atoms with van der Waals surface area (Å²) in [5, 5.41) is 11.0. The van der Waals surface area contributed by atoms with Gasteiger partial charge in [0, 0.05) is 28.5 Å². The molecule has 3 aromatic rings. The van der Waals surface area contributed by atoms with Gasteiger partial charge in [-0.15, -0.1) is 0 Å². The van der Waals surface area contributed by atoms with Gasteiger partial charge in [0.1, 0.15) is 4.75 Å². The smallest absolute Gasteiger partial charge is 0.304 e. The van der Waals surface area contributed by atoms with Crippen LogP contribution in [0.2, 0.25) is 10.0 Å². The molecule has 0 unspecified atom stereocenters. The highest BCUT2D eigenvalue weighted by Gasteiger charge is 2.58. The lowest BCUT2D eigenvalue weighted by molar-refractivity contribution is -0.161. The zero-order valence-corrected chi connectivity index (χ0v) is 26.8. The van der Waals surface area contributed by atoms with Gasteiger partial charge < -0.3 is 10.0 Å². The highest BCUT2D eigenvalue weighted by atomic mass is 35.5. The lowest BCUT2D eigenvalue weighted by atomic mass is 9.67. The predicted octanol–water partition coefficient (Wildman–Crippen LogP) is 6.92. The fourth-order valence-electron chi connectivity index (χ4n) is 7.12. The third-order valence-corrected chi connectivity index (χ3v) is 12.4. The zero-order valence-electron chi connectivity index (χ0n) is 24.5. The van der Waals surface area contributed by atoms with E-state index in [0.29, 0.717) is 29.3 Å². The topological polar surface area (TPSA) is 104 Å². The first-order valence-electron chi connectivity index (χ1n) is 15.0. The molecule has 3 aliphatic rings. The van der Waals surface area contributed by atoms with E-state index in [2.05, 4.69) is 4.72 Å². The van der Waals surface area contributed by atoms with Crippen LogP contribution in [0.25, 0.3) is 0 Å². The maximum atomic E-state index is 14.6. The van der Waals surface area contributed by atoms with Crippen LogP contribution in [-0.2, 0) is 24.4 Å². The van der Waals surface area contributed by atoms with Crippen molar-refractivity contribution in [2.45, 2.75) is 68.2 Å². The van der Waals surface area contributed by atoms with Gasteiger partial charge in [-0.1, -0.05) is 84.7 Å². The third-order valence-electron chi connectivity index (χ3n) is 9.66. The molecule has 2 aliphatic carbocycles. The Morgan fingerprint density at radius 2 is 1.66 bits per heavy atom. The summed E-state index contributed by atoms with van der Waals surface area (Å²) >= 11 is 12.7. The Morgan fingerprint density at radius 3 is 2.25 bits per heavy atom. The van der Waals surface area contributed by atoms with Crippen LogP contribution in [0.4, 0.5) is 0 Å². The molecule has 7 nitrogen and oxygen atoms in total. The van der Waals surface area contributed by atoms with Crippen molar-refractivity contribution in [3.63, 3.8) is 0 Å². The minimum absolute atomic E-state index is 0.0445. The van der Waals surface area contributed by atoms with Gasteiger partial charge in [0.15, 0.2) is 0 Å². The van der Waals surface area contributed by atoms with Gasteiger partial charge in [-0.05, 0) is 79.0 Å². The van der Waals surface area contributed by atoms with Crippen LogP contribution in [-0.4, -0.2) is 42.9 Å². The van der Waals surface area contributed by atoms with Crippen molar-refractivity contribution in [2.24, 2.45) is 11.3 Å². The highest BCUT2D eigenvalue weighted by molar-refractivity contribution is 7.90. The number of carboxylic acid groups (broad SMARTS) is 1. The molecule has 44 heavy (non-hydrogen) atoms. The Hall–Kier alpha value is -2.91. The van der Waals surface area contributed by atoms with Crippen molar-refractivity contribution in [2.75, 3.05) is 6.54 Å². The van der Waals surface area contributed by atoms with E-state index in [1.165, 1.54) is 0 Å². The number of halogens is 2. The molecule has 2 saturated carbocycles. The predicted molar refractivity (Wildman–Crippen MR) is 171 cm³/mol. The SMILES string of the molecule is C[C@]1(CC(=O)O)C[C@H](c2cccc(Cl)c2)[C@@H](c2ccc(Cl)cc2)N([C@H](CNS(=O)(=O)C2(c3ccccc3)CC2)C2CC2)C1=O. The second-order valence-corrected chi connectivity index (χ2v) is 15.8. The Labute approximate surface area is 268 Å². The number of hydrogen-bond donors (Lipinski definition) is 2. The van der Waals surface area contributed by atoms with Gasteiger partial charge in [-0.2, -0.15) is 0 Å². The van der Waals surface area contributed by atoms with Crippen LogP contribution in [0.15, 0.2) is 78.9 Å².